The Balaban J connectivity index is 1.72. The van der Waals surface area contributed by atoms with E-state index in [4.69, 9.17) is 4.74 Å². The average molecular weight is 291 g/mol. The number of esters is 1. The number of carbonyl (C=O) groups is 1. The van der Waals surface area contributed by atoms with Gasteiger partial charge in [-0.1, -0.05) is 6.07 Å². The highest BCUT2D eigenvalue weighted by atomic mass is 16.6. The molecule has 21 heavy (non-hydrogen) atoms. The first-order valence-electron chi connectivity index (χ1n) is 7.49. The minimum atomic E-state index is -0.405. The fourth-order valence-corrected chi connectivity index (χ4v) is 2.38. The molecule has 0 bridgehead atoms. The number of pyridine rings is 1. The van der Waals surface area contributed by atoms with E-state index in [0.717, 1.165) is 38.4 Å². The third kappa shape index (κ3) is 5.81. The van der Waals surface area contributed by atoms with Crippen LogP contribution in [0.5, 0.6) is 0 Å². The molecule has 2 rings (SSSR count). The molecule has 1 aliphatic rings. The molecule has 0 radical (unpaired) electrons. The molecule has 116 valence electrons. The van der Waals surface area contributed by atoms with Gasteiger partial charge in [0.15, 0.2) is 0 Å². The first-order valence-corrected chi connectivity index (χ1v) is 7.49. The smallest absolute Gasteiger partial charge is 0.320 e. The van der Waals surface area contributed by atoms with E-state index in [2.05, 4.69) is 14.8 Å². The number of piperazine rings is 1. The van der Waals surface area contributed by atoms with Crippen LogP contribution in [0.4, 0.5) is 0 Å². The Hall–Kier alpha value is -1.46. The maximum absolute atomic E-state index is 11.8. The average Bonchev–Trinajstić information content (AvgIpc) is 2.40. The molecule has 1 fully saturated rings. The van der Waals surface area contributed by atoms with Crippen molar-refractivity contribution in [2.75, 3.05) is 32.7 Å². The normalized spacial score (nSPS) is 17.7. The summed E-state index contributed by atoms with van der Waals surface area (Å²) in [6.45, 7) is 10.7. The molecule has 0 spiro atoms. The number of hydrogen-bond donors (Lipinski definition) is 0. The van der Waals surface area contributed by atoms with Gasteiger partial charge in [0.1, 0.15) is 5.60 Å². The van der Waals surface area contributed by atoms with Crippen molar-refractivity contribution in [3.8, 4) is 0 Å². The minimum absolute atomic E-state index is 0.138. The number of ether oxygens (including phenoxy) is 1. The van der Waals surface area contributed by atoms with Gasteiger partial charge in [0, 0.05) is 38.9 Å². The number of carbonyl (C=O) groups excluding carboxylic acids is 1. The highest BCUT2D eigenvalue weighted by molar-refractivity contribution is 5.72. The molecule has 1 aromatic heterocycles. The van der Waals surface area contributed by atoms with Gasteiger partial charge in [-0.05, 0) is 32.9 Å². The van der Waals surface area contributed by atoms with Crippen molar-refractivity contribution in [2.45, 2.75) is 32.9 Å². The molecule has 0 amide bonds. The van der Waals surface area contributed by atoms with E-state index < -0.39 is 5.60 Å². The van der Waals surface area contributed by atoms with Crippen LogP contribution in [0.1, 0.15) is 26.5 Å². The SMILES string of the molecule is CC(C)(C)OC(=O)CN1CCN(Cc2ccccn2)CC1. The van der Waals surface area contributed by atoms with Crippen molar-refractivity contribution in [3.63, 3.8) is 0 Å². The highest BCUT2D eigenvalue weighted by Gasteiger charge is 2.22. The van der Waals surface area contributed by atoms with Crippen LogP contribution < -0.4 is 0 Å². The minimum Gasteiger partial charge on any atom is -0.459 e. The maximum Gasteiger partial charge on any atom is 0.320 e. The quantitative estimate of drug-likeness (QED) is 0.788. The summed E-state index contributed by atoms with van der Waals surface area (Å²) in [5.74, 6) is -0.138. The van der Waals surface area contributed by atoms with Crippen molar-refractivity contribution in [2.24, 2.45) is 0 Å². The van der Waals surface area contributed by atoms with E-state index in [9.17, 15) is 4.79 Å². The molecule has 5 nitrogen and oxygen atoms in total. The molecule has 0 N–H and O–H groups in total. The second kappa shape index (κ2) is 7.00. The van der Waals surface area contributed by atoms with E-state index in [1.165, 1.54) is 0 Å². The highest BCUT2D eigenvalue weighted by Crippen LogP contribution is 2.10. The summed E-state index contributed by atoms with van der Waals surface area (Å²) < 4.78 is 5.36. The second-order valence-corrected chi connectivity index (χ2v) is 6.46. The zero-order valence-electron chi connectivity index (χ0n) is 13.2. The first-order chi connectivity index (χ1) is 9.92. The van der Waals surface area contributed by atoms with E-state index in [1.807, 2.05) is 45.2 Å². The van der Waals surface area contributed by atoms with Gasteiger partial charge in [0.05, 0.1) is 12.2 Å². The van der Waals surface area contributed by atoms with Gasteiger partial charge in [0.2, 0.25) is 0 Å². The summed E-state index contributed by atoms with van der Waals surface area (Å²) in [5.41, 5.74) is 0.691. The zero-order valence-corrected chi connectivity index (χ0v) is 13.2. The molecule has 0 unspecified atom stereocenters. The lowest BCUT2D eigenvalue weighted by molar-refractivity contribution is -0.156. The third-order valence-corrected chi connectivity index (χ3v) is 3.35. The Morgan fingerprint density at radius 2 is 1.86 bits per heavy atom. The predicted octanol–water partition coefficient (Wildman–Crippen LogP) is 1.54. The Bertz CT molecular complexity index is 448. The maximum atomic E-state index is 11.8. The number of rotatable bonds is 4. The molecule has 1 saturated heterocycles. The largest absolute Gasteiger partial charge is 0.459 e. The summed E-state index contributed by atoms with van der Waals surface area (Å²) in [7, 11) is 0. The summed E-state index contributed by atoms with van der Waals surface area (Å²) in [4.78, 5) is 20.7. The van der Waals surface area contributed by atoms with Crippen molar-refractivity contribution >= 4 is 5.97 Å². The lowest BCUT2D eigenvalue weighted by Gasteiger charge is -2.34. The van der Waals surface area contributed by atoms with Gasteiger partial charge in [-0.2, -0.15) is 0 Å². The lowest BCUT2D eigenvalue weighted by atomic mass is 10.2. The van der Waals surface area contributed by atoms with Crippen LogP contribution in [0.3, 0.4) is 0 Å². The van der Waals surface area contributed by atoms with Gasteiger partial charge in [0.25, 0.3) is 0 Å². The van der Waals surface area contributed by atoms with E-state index in [-0.39, 0.29) is 5.97 Å². The molecule has 0 saturated carbocycles. The Morgan fingerprint density at radius 1 is 1.19 bits per heavy atom. The van der Waals surface area contributed by atoms with Crippen LogP contribution in [0.25, 0.3) is 0 Å². The van der Waals surface area contributed by atoms with Gasteiger partial charge in [-0.15, -0.1) is 0 Å². The molecule has 2 heterocycles. The summed E-state index contributed by atoms with van der Waals surface area (Å²) >= 11 is 0. The van der Waals surface area contributed by atoms with E-state index in [1.54, 1.807) is 0 Å². The number of nitrogens with zero attached hydrogens (tertiary/aromatic N) is 3. The van der Waals surface area contributed by atoms with Crippen molar-refractivity contribution in [1.82, 2.24) is 14.8 Å². The van der Waals surface area contributed by atoms with Crippen LogP contribution in [-0.2, 0) is 16.1 Å². The standard InChI is InChI=1S/C16H25N3O2/c1-16(2,3)21-15(20)13-19-10-8-18(9-11-19)12-14-6-4-5-7-17-14/h4-7H,8-13H2,1-3H3. The molecule has 1 aromatic rings. The Kier molecular flexibility index (Phi) is 5.31. The fourth-order valence-electron chi connectivity index (χ4n) is 2.38. The van der Waals surface area contributed by atoms with Gasteiger partial charge < -0.3 is 4.74 Å². The second-order valence-electron chi connectivity index (χ2n) is 6.46. The van der Waals surface area contributed by atoms with E-state index >= 15 is 0 Å². The predicted molar refractivity (Wildman–Crippen MR) is 81.8 cm³/mol. The van der Waals surface area contributed by atoms with Crippen LogP contribution >= 0.6 is 0 Å². The molecule has 0 atom stereocenters. The zero-order chi connectivity index (χ0) is 15.3. The molecular formula is C16H25N3O2. The molecule has 1 aliphatic heterocycles. The van der Waals surface area contributed by atoms with Crippen molar-refractivity contribution in [3.05, 3.63) is 30.1 Å². The Morgan fingerprint density at radius 3 is 2.43 bits per heavy atom. The van der Waals surface area contributed by atoms with Gasteiger partial charge >= 0.3 is 5.97 Å². The Labute approximate surface area is 126 Å². The number of hydrogen-bond acceptors (Lipinski definition) is 5. The van der Waals surface area contributed by atoms with Crippen LogP contribution in [0.2, 0.25) is 0 Å². The summed E-state index contributed by atoms with van der Waals surface area (Å²) in [6.07, 6.45) is 1.83. The fraction of sp³-hybridized carbons (Fsp3) is 0.625. The van der Waals surface area contributed by atoms with Crippen LogP contribution in [0.15, 0.2) is 24.4 Å². The number of aromatic nitrogens is 1. The summed E-state index contributed by atoms with van der Waals surface area (Å²) in [6, 6.07) is 6.00. The van der Waals surface area contributed by atoms with Gasteiger partial charge in [-0.3, -0.25) is 19.6 Å². The molecule has 0 aromatic carbocycles. The molecule has 5 heteroatoms. The molecular weight excluding hydrogens is 266 g/mol. The monoisotopic (exact) mass is 291 g/mol. The van der Waals surface area contributed by atoms with Crippen LogP contribution in [0, 0.1) is 0 Å². The van der Waals surface area contributed by atoms with Crippen molar-refractivity contribution < 1.29 is 9.53 Å². The topological polar surface area (TPSA) is 45.7 Å². The van der Waals surface area contributed by atoms with E-state index in [0.29, 0.717) is 6.54 Å². The molecule has 0 aliphatic carbocycles. The first kappa shape index (κ1) is 15.9. The van der Waals surface area contributed by atoms with Gasteiger partial charge in [-0.25, -0.2) is 0 Å². The van der Waals surface area contributed by atoms with Crippen molar-refractivity contribution in [1.29, 1.82) is 0 Å². The third-order valence-electron chi connectivity index (χ3n) is 3.35. The summed E-state index contributed by atoms with van der Waals surface area (Å²) in [5, 5.41) is 0. The lowest BCUT2D eigenvalue weighted by Crippen LogP contribution is -2.48. The van der Waals surface area contributed by atoms with Crippen LogP contribution in [-0.4, -0.2) is 59.1 Å².